The summed E-state index contributed by atoms with van der Waals surface area (Å²) < 4.78 is 14.1. The quantitative estimate of drug-likeness (QED) is 0.348. The summed E-state index contributed by atoms with van der Waals surface area (Å²) in [7, 11) is 0. The van der Waals surface area contributed by atoms with Crippen LogP contribution in [0, 0.1) is 5.82 Å². The van der Waals surface area contributed by atoms with Crippen LogP contribution in [-0.4, -0.2) is 34.6 Å². The van der Waals surface area contributed by atoms with Crippen LogP contribution in [0.2, 0.25) is 15.1 Å². The first-order chi connectivity index (χ1) is 15.7. The fraction of sp³-hybridized carbons (Fsp3) is 0.417. The predicted molar refractivity (Wildman–Crippen MR) is 137 cm³/mol. The fourth-order valence-corrected chi connectivity index (χ4v) is 4.97. The van der Waals surface area contributed by atoms with E-state index >= 15 is 0 Å². The van der Waals surface area contributed by atoms with Gasteiger partial charge in [0.2, 0.25) is 11.8 Å². The van der Waals surface area contributed by atoms with Crippen molar-refractivity contribution in [2.24, 2.45) is 0 Å². The van der Waals surface area contributed by atoms with Crippen molar-refractivity contribution >= 4 is 58.4 Å². The molecule has 0 saturated heterocycles. The summed E-state index contributed by atoms with van der Waals surface area (Å²) in [5.74, 6) is -0.644. The van der Waals surface area contributed by atoms with Gasteiger partial charge in [-0.25, -0.2) is 4.39 Å². The highest BCUT2D eigenvalue weighted by atomic mass is 35.5. The number of hydrogen-bond donors (Lipinski definition) is 1. The molecule has 0 saturated carbocycles. The molecule has 2 rings (SSSR count). The van der Waals surface area contributed by atoms with Crippen molar-refractivity contribution in [3.63, 3.8) is 0 Å². The summed E-state index contributed by atoms with van der Waals surface area (Å²) in [5, 5.41) is 4.11. The summed E-state index contributed by atoms with van der Waals surface area (Å²) in [5.41, 5.74) is 0.922. The molecule has 0 heterocycles. The largest absolute Gasteiger partial charge is 0.352 e. The van der Waals surface area contributed by atoms with Crippen LogP contribution in [-0.2, 0) is 21.9 Å². The van der Waals surface area contributed by atoms with E-state index in [-0.39, 0.29) is 35.9 Å². The molecular formula is C24H28Cl3FN2O2S. The van der Waals surface area contributed by atoms with Crippen LogP contribution in [0.1, 0.15) is 44.7 Å². The molecule has 1 N–H and O–H groups in total. The molecule has 2 aromatic carbocycles. The third-order valence-corrected chi connectivity index (χ3v) is 7.32. The maximum Gasteiger partial charge on any atom is 0.243 e. The van der Waals surface area contributed by atoms with E-state index in [2.05, 4.69) is 5.32 Å². The minimum Gasteiger partial charge on any atom is -0.352 e. The Hall–Kier alpha value is -1.47. The van der Waals surface area contributed by atoms with Crippen molar-refractivity contribution in [1.29, 1.82) is 0 Å². The van der Waals surface area contributed by atoms with Gasteiger partial charge in [0.15, 0.2) is 0 Å². The lowest BCUT2D eigenvalue weighted by Gasteiger charge is -2.32. The van der Waals surface area contributed by atoms with E-state index in [9.17, 15) is 14.0 Å². The number of nitrogens with one attached hydrogen (secondary N) is 1. The molecule has 180 valence electrons. The van der Waals surface area contributed by atoms with Crippen LogP contribution in [0.5, 0.6) is 0 Å². The highest BCUT2D eigenvalue weighted by Crippen LogP contribution is 2.28. The summed E-state index contributed by atoms with van der Waals surface area (Å²) in [6.45, 7) is 5.82. The second-order valence-corrected chi connectivity index (χ2v) is 9.86. The Balaban J connectivity index is 2.24. The minimum atomic E-state index is -0.698. The Morgan fingerprint density at radius 2 is 1.58 bits per heavy atom. The summed E-state index contributed by atoms with van der Waals surface area (Å²) in [6, 6.07) is 8.87. The van der Waals surface area contributed by atoms with E-state index in [0.717, 1.165) is 6.42 Å². The van der Waals surface area contributed by atoms with Crippen LogP contribution < -0.4 is 5.32 Å². The van der Waals surface area contributed by atoms with Crippen molar-refractivity contribution in [3.05, 3.63) is 68.4 Å². The van der Waals surface area contributed by atoms with Crippen LogP contribution in [0.3, 0.4) is 0 Å². The van der Waals surface area contributed by atoms with Crippen LogP contribution in [0.15, 0.2) is 36.4 Å². The zero-order valence-electron chi connectivity index (χ0n) is 18.8. The minimum absolute atomic E-state index is 0.0232. The standard InChI is InChI=1S/C24H28Cl3FN2O2S/c1-4-15(3)29-24(32)22(5-2)30(12-16-18(25)8-6-9-19(16)26)23(31)14-33-13-17-20(27)10-7-11-21(17)28/h6-11,15,22H,4-5,12-14H2,1-3H3,(H,29,32)/t15-,22-/m0/s1. The molecule has 33 heavy (non-hydrogen) atoms. The summed E-state index contributed by atoms with van der Waals surface area (Å²) in [4.78, 5) is 27.8. The van der Waals surface area contributed by atoms with Gasteiger partial charge in [0.05, 0.1) is 5.75 Å². The van der Waals surface area contributed by atoms with Crippen LogP contribution in [0.4, 0.5) is 4.39 Å². The number of thioether (sulfide) groups is 1. The Kier molecular flexibility index (Phi) is 11.3. The molecule has 0 spiro atoms. The second kappa shape index (κ2) is 13.4. The highest BCUT2D eigenvalue weighted by Gasteiger charge is 2.30. The van der Waals surface area contributed by atoms with Crippen LogP contribution >= 0.6 is 46.6 Å². The number of benzene rings is 2. The lowest BCUT2D eigenvalue weighted by Crippen LogP contribution is -2.51. The van der Waals surface area contributed by atoms with Gasteiger partial charge in [-0.3, -0.25) is 9.59 Å². The van der Waals surface area contributed by atoms with Crippen molar-refractivity contribution in [3.8, 4) is 0 Å². The molecule has 0 radical (unpaired) electrons. The van der Waals surface area contributed by atoms with Crippen molar-refractivity contribution in [2.75, 3.05) is 5.75 Å². The van der Waals surface area contributed by atoms with E-state index in [1.807, 2.05) is 20.8 Å². The molecule has 0 aliphatic heterocycles. The van der Waals surface area contributed by atoms with E-state index in [1.165, 1.54) is 28.8 Å². The number of hydrogen-bond acceptors (Lipinski definition) is 3. The van der Waals surface area contributed by atoms with Gasteiger partial charge in [-0.1, -0.05) is 60.8 Å². The normalized spacial score (nSPS) is 12.8. The third kappa shape index (κ3) is 7.78. The molecule has 0 fully saturated rings. The van der Waals surface area contributed by atoms with E-state index in [4.69, 9.17) is 34.8 Å². The first kappa shape index (κ1) is 27.8. The molecule has 0 unspecified atom stereocenters. The smallest absolute Gasteiger partial charge is 0.243 e. The van der Waals surface area contributed by atoms with Crippen LogP contribution in [0.25, 0.3) is 0 Å². The summed E-state index contributed by atoms with van der Waals surface area (Å²) >= 11 is 20.0. The van der Waals surface area contributed by atoms with Gasteiger partial charge < -0.3 is 10.2 Å². The van der Waals surface area contributed by atoms with Gasteiger partial charge in [-0.2, -0.15) is 0 Å². The predicted octanol–water partition coefficient (Wildman–Crippen LogP) is 6.74. The third-order valence-electron chi connectivity index (χ3n) is 5.31. The number of rotatable bonds is 11. The molecule has 0 aromatic heterocycles. The number of nitrogens with zero attached hydrogens (tertiary/aromatic N) is 1. The number of halogens is 4. The Labute approximate surface area is 214 Å². The molecule has 2 aromatic rings. The maximum absolute atomic E-state index is 14.1. The average molecular weight is 534 g/mol. The molecule has 0 bridgehead atoms. The SMILES string of the molecule is CC[C@H](C)NC(=O)[C@H](CC)N(Cc1c(Cl)cccc1Cl)C(=O)CSCc1c(F)cccc1Cl. The Morgan fingerprint density at radius 1 is 1.00 bits per heavy atom. The van der Waals surface area contributed by atoms with Crippen molar-refractivity contribution in [2.45, 2.75) is 58.0 Å². The van der Waals surface area contributed by atoms with Crippen molar-refractivity contribution < 1.29 is 14.0 Å². The maximum atomic E-state index is 14.1. The number of amides is 2. The molecule has 2 amide bonds. The molecular weight excluding hydrogens is 506 g/mol. The lowest BCUT2D eigenvalue weighted by atomic mass is 10.1. The second-order valence-electron chi connectivity index (χ2n) is 7.66. The Morgan fingerprint density at radius 3 is 2.12 bits per heavy atom. The first-order valence-electron chi connectivity index (χ1n) is 10.7. The number of carbonyl (C=O) groups is 2. The average Bonchev–Trinajstić information content (AvgIpc) is 2.77. The van der Waals surface area contributed by atoms with E-state index < -0.39 is 11.9 Å². The van der Waals surface area contributed by atoms with Crippen molar-refractivity contribution in [1.82, 2.24) is 10.2 Å². The lowest BCUT2D eigenvalue weighted by molar-refractivity contribution is -0.139. The molecule has 9 heteroatoms. The van der Waals surface area contributed by atoms with Gasteiger partial charge in [-0.05, 0) is 44.0 Å². The first-order valence-corrected chi connectivity index (χ1v) is 13.0. The van der Waals surface area contributed by atoms with Gasteiger partial charge in [-0.15, -0.1) is 11.8 Å². The fourth-order valence-electron chi connectivity index (χ4n) is 3.21. The van der Waals surface area contributed by atoms with Gasteiger partial charge in [0.1, 0.15) is 11.9 Å². The van der Waals surface area contributed by atoms with Gasteiger partial charge in [0, 0.05) is 44.5 Å². The van der Waals surface area contributed by atoms with E-state index in [0.29, 0.717) is 32.6 Å². The monoisotopic (exact) mass is 532 g/mol. The topological polar surface area (TPSA) is 49.4 Å². The molecule has 0 aliphatic rings. The summed E-state index contributed by atoms with van der Waals surface area (Å²) in [6.07, 6.45) is 1.19. The van der Waals surface area contributed by atoms with Gasteiger partial charge in [0.25, 0.3) is 0 Å². The molecule has 4 nitrogen and oxygen atoms in total. The highest BCUT2D eigenvalue weighted by molar-refractivity contribution is 7.99. The molecule has 2 atom stereocenters. The number of carbonyl (C=O) groups excluding carboxylic acids is 2. The Bertz CT molecular complexity index is 936. The molecule has 0 aliphatic carbocycles. The van der Waals surface area contributed by atoms with E-state index in [1.54, 1.807) is 24.3 Å². The zero-order chi connectivity index (χ0) is 24.5. The zero-order valence-corrected chi connectivity index (χ0v) is 21.9. The van der Waals surface area contributed by atoms with Gasteiger partial charge >= 0.3 is 0 Å².